The summed E-state index contributed by atoms with van der Waals surface area (Å²) in [5.41, 5.74) is 1.33. The highest BCUT2D eigenvalue weighted by atomic mass is 16.3. The molecule has 2 aromatic rings. The summed E-state index contributed by atoms with van der Waals surface area (Å²) >= 11 is 0. The molecule has 0 aromatic heterocycles. The molecular formula is C16H17NO3. The topological polar surface area (TPSA) is 60.8 Å². The minimum absolute atomic E-state index is 0.229. The van der Waals surface area contributed by atoms with Crippen LogP contribution in [0.5, 0.6) is 5.75 Å². The van der Waals surface area contributed by atoms with Crippen molar-refractivity contribution in [1.29, 1.82) is 0 Å². The zero-order valence-electron chi connectivity index (χ0n) is 11.1. The zero-order chi connectivity index (χ0) is 14.1. The van der Waals surface area contributed by atoms with Crippen LogP contribution in [0.3, 0.4) is 0 Å². The lowest BCUT2D eigenvalue weighted by Crippen LogP contribution is -2.21. The number of aromatic hydroxyl groups is 1. The molecule has 1 unspecified atom stereocenters. The van der Waals surface area contributed by atoms with Gasteiger partial charge in [0, 0.05) is 36.1 Å². The van der Waals surface area contributed by atoms with Crippen LogP contribution in [0.4, 0.5) is 0 Å². The van der Waals surface area contributed by atoms with Gasteiger partial charge in [-0.25, -0.2) is 0 Å². The second-order valence-corrected chi connectivity index (χ2v) is 5.31. The molecule has 1 fully saturated rings. The first-order valence-electron chi connectivity index (χ1n) is 6.78. The Morgan fingerprint density at radius 3 is 2.70 bits per heavy atom. The van der Waals surface area contributed by atoms with Gasteiger partial charge in [-0.1, -0.05) is 24.3 Å². The Morgan fingerprint density at radius 1 is 1.30 bits per heavy atom. The fourth-order valence-electron chi connectivity index (χ4n) is 2.86. The van der Waals surface area contributed by atoms with Crippen molar-refractivity contribution in [2.75, 3.05) is 13.1 Å². The Morgan fingerprint density at radius 2 is 2.05 bits per heavy atom. The van der Waals surface area contributed by atoms with Crippen molar-refractivity contribution < 1.29 is 15.0 Å². The smallest absolute Gasteiger partial charge is 0.150 e. The first-order valence-corrected chi connectivity index (χ1v) is 6.78. The molecule has 1 atom stereocenters. The van der Waals surface area contributed by atoms with E-state index in [1.54, 1.807) is 6.07 Å². The van der Waals surface area contributed by atoms with Crippen LogP contribution in [0, 0.1) is 0 Å². The average molecular weight is 271 g/mol. The Bertz CT molecular complexity index is 653. The third-order valence-electron chi connectivity index (χ3n) is 3.90. The highest BCUT2D eigenvalue weighted by Crippen LogP contribution is 2.32. The van der Waals surface area contributed by atoms with Crippen molar-refractivity contribution in [3.8, 4) is 5.75 Å². The van der Waals surface area contributed by atoms with Crippen LogP contribution in [0.2, 0.25) is 0 Å². The largest absolute Gasteiger partial charge is 0.507 e. The summed E-state index contributed by atoms with van der Waals surface area (Å²) in [5.74, 6) is 0.229. The zero-order valence-corrected chi connectivity index (χ0v) is 11.1. The lowest BCUT2D eigenvalue weighted by Gasteiger charge is -2.17. The summed E-state index contributed by atoms with van der Waals surface area (Å²) < 4.78 is 0. The van der Waals surface area contributed by atoms with Crippen molar-refractivity contribution in [2.45, 2.75) is 19.1 Å². The van der Waals surface area contributed by atoms with Gasteiger partial charge in [0.25, 0.3) is 0 Å². The van der Waals surface area contributed by atoms with Crippen LogP contribution in [-0.2, 0) is 6.54 Å². The van der Waals surface area contributed by atoms with E-state index >= 15 is 0 Å². The van der Waals surface area contributed by atoms with Crippen LogP contribution in [-0.4, -0.2) is 40.6 Å². The van der Waals surface area contributed by atoms with E-state index in [1.165, 1.54) is 0 Å². The Labute approximate surface area is 117 Å². The molecule has 20 heavy (non-hydrogen) atoms. The maximum Gasteiger partial charge on any atom is 0.150 e. The fraction of sp³-hybridized carbons (Fsp3) is 0.312. The maximum atomic E-state index is 11.2. The number of aliphatic hydroxyl groups excluding tert-OH is 1. The van der Waals surface area contributed by atoms with E-state index in [1.807, 2.05) is 24.3 Å². The molecule has 2 aromatic carbocycles. The first kappa shape index (κ1) is 13.1. The van der Waals surface area contributed by atoms with Gasteiger partial charge in [0.05, 0.1) is 6.10 Å². The monoisotopic (exact) mass is 271 g/mol. The number of β-amino-alcohol motifs (C(OH)–C–C–N with tert-alkyl or cyclic N) is 1. The number of hydrogen-bond acceptors (Lipinski definition) is 4. The molecule has 2 N–H and O–H groups in total. The predicted octanol–water partition coefficient (Wildman–Crippen LogP) is 1.92. The summed E-state index contributed by atoms with van der Waals surface area (Å²) in [6.07, 6.45) is 1.29. The number of benzene rings is 2. The lowest BCUT2D eigenvalue weighted by molar-refractivity contribution is 0.112. The van der Waals surface area contributed by atoms with Crippen molar-refractivity contribution >= 4 is 17.1 Å². The number of aliphatic hydroxyl groups is 1. The number of fused-ring (bicyclic) bond motifs is 1. The van der Waals surface area contributed by atoms with Gasteiger partial charge in [0.2, 0.25) is 0 Å². The van der Waals surface area contributed by atoms with Crippen molar-refractivity contribution in [2.24, 2.45) is 0 Å². The van der Waals surface area contributed by atoms with E-state index in [9.17, 15) is 15.0 Å². The van der Waals surface area contributed by atoms with Gasteiger partial charge in [-0.3, -0.25) is 9.69 Å². The quantitative estimate of drug-likeness (QED) is 0.837. The molecule has 0 spiro atoms. The molecule has 1 aliphatic rings. The average Bonchev–Trinajstić information content (AvgIpc) is 2.87. The van der Waals surface area contributed by atoms with Gasteiger partial charge in [-0.05, 0) is 17.9 Å². The molecule has 0 radical (unpaired) electrons. The lowest BCUT2D eigenvalue weighted by atomic mass is 10.00. The van der Waals surface area contributed by atoms with Crippen LogP contribution in [0.15, 0.2) is 30.3 Å². The summed E-state index contributed by atoms with van der Waals surface area (Å²) in [7, 11) is 0. The molecular weight excluding hydrogens is 254 g/mol. The number of carbonyl (C=O) groups excluding carboxylic acids is 1. The SMILES string of the molecule is O=Cc1cc(CN2CCC(O)C2)c(O)c2ccccc12. The van der Waals surface area contributed by atoms with Crippen molar-refractivity contribution in [3.63, 3.8) is 0 Å². The number of aldehydes is 1. The van der Waals surface area contributed by atoms with E-state index in [2.05, 4.69) is 4.90 Å². The Hall–Kier alpha value is -1.91. The standard InChI is InChI=1S/C16H17NO3/c18-10-12-7-11(8-17-6-5-13(19)9-17)16(20)15-4-2-1-3-14(12)15/h1-4,7,10,13,19-20H,5-6,8-9H2. The van der Waals surface area contributed by atoms with Crippen molar-refractivity contribution in [1.82, 2.24) is 4.90 Å². The highest BCUT2D eigenvalue weighted by Gasteiger charge is 2.22. The minimum atomic E-state index is -0.289. The second kappa shape index (κ2) is 5.23. The molecule has 0 aliphatic carbocycles. The van der Waals surface area contributed by atoms with Crippen LogP contribution >= 0.6 is 0 Å². The molecule has 0 bridgehead atoms. The number of rotatable bonds is 3. The molecule has 104 valence electrons. The molecule has 1 heterocycles. The van der Waals surface area contributed by atoms with Gasteiger partial charge in [0.15, 0.2) is 6.29 Å². The summed E-state index contributed by atoms with van der Waals surface area (Å²) in [5, 5.41) is 21.4. The highest BCUT2D eigenvalue weighted by molar-refractivity contribution is 6.01. The molecule has 1 aliphatic heterocycles. The fourth-order valence-corrected chi connectivity index (χ4v) is 2.86. The summed E-state index contributed by atoms with van der Waals surface area (Å²) in [6.45, 7) is 1.97. The number of hydrogen-bond donors (Lipinski definition) is 2. The van der Waals surface area contributed by atoms with Gasteiger partial charge in [-0.2, -0.15) is 0 Å². The molecule has 0 amide bonds. The normalized spacial score (nSPS) is 19.6. The maximum absolute atomic E-state index is 11.2. The van der Waals surface area contributed by atoms with E-state index in [4.69, 9.17) is 0 Å². The summed E-state index contributed by atoms with van der Waals surface area (Å²) in [6, 6.07) is 9.10. The van der Waals surface area contributed by atoms with E-state index in [0.717, 1.165) is 30.2 Å². The van der Waals surface area contributed by atoms with Gasteiger partial charge < -0.3 is 10.2 Å². The van der Waals surface area contributed by atoms with Gasteiger partial charge in [-0.15, -0.1) is 0 Å². The molecule has 1 saturated heterocycles. The van der Waals surface area contributed by atoms with E-state index in [-0.39, 0.29) is 11.9 Å². The molecule has 4 heteroatoms. The third-order valence-corrected chi connectivity index (χ3v) is 3.90. The second-order valence-electron chi connectivity index (χ2n) is 5.31. The van der Waals surface area contributed by atoms with Gasteiger partial charge in [0.1, 0.15) is 5.75 Å². The first-order chi connectivity index (χ1) is 9.69. The number of phenolic OH excluding ortho intramolecular Hbond substituents is 1. The molecule has 0 saturated carbocycles. The third kappa shape index (κ3) is 2.28. The van der Waals surface area contributed by atoms with Crippen LogP contribution < -0.4 is 0 Å². The minimum Gasteiger partial charge on any atom is -0.507 e. The van der Waals surface area contributed by atoms with Crippen LogP contribution in [0.25, 0.3) is 10.8 Å². The van der Waals surface area contributed by atoms with E-state index < -0.39 is 0 Å². The molecule has 4 nitrogen and oxygen atoms in total. The van der Waals surface area contributed by atoms with E-state index in [0.29, 0.717) is 24.0 Å². The Kier molecular flexibility index (Phi) is 3.42. The molecule has 3 rings (SSSR count). The van der Waals surface area contributed by atoms with Crippen LogP contribution in [0.1, 0.15) is 22.3 Å². The van der Waals surface area contributed by atoms with Gasteiger partial charge >= 0.3 is 0 Å². The number of phenols is 1. The Balaban J connectivity index is 2.02. The van der Waals surface area contributed by atoms with Crippen molar-refractivity contribution in [3.05, 3.63) is 41.5 Å². The predicted molar refractivity (Wildman–Crippen MR) is 76.9 cm³/mol. The summed E-state index contributed by atoms with van der Waals surface area (Å²) in [4.78, 5) is 13.3. The number of nitrogens with zero attached hydrogens (tertiary/aromatic N) is 1. The number of likely N-dealkylation sites (tertiary alicyclic amines) is 1. The number of carbonyl (C=O) groups is 1.